The average Bonchev–Trinajstić information content (AvgIpc) is 2.34. The molecule has 0 aromatic heterocycles. The van der Waals surface area contributed by atoms with Crippen LogP contribution in [0, 0.1) is 0 Å². The molecule has 0 aliphatic carbocycles. The Kier molecular flexibility index (Phi) is 5.83. The summed E-state index contributed by atoms with van der Waals surface area (Å²) < 4.78 is 0. The summed E-state index contributed by atoms with van der Waals surface area (Å²) in [5.74, 6) is 0.462. The van der Waals surface area contributed by atoms with Gasteiger partial charge in [-0.2, -0.15) is 0 Å². The monoisotopic (exact) mass is 262 g/mol. The van der Waals surface area contributed by atoms with Gasteiger partial charge in [-0.05, 0) is 44.9 Å². The fourth-order valence-corrected chi connectivity index (χ4v) is 1.66. The van der Waals surface area contributed by atoms with E-state index in [-0.39, 0.29) is 5.54 Å². The van der Waals surface area contributed by atoms with Crippen molar-refractivity contribution < 1.29 is 0 Å². The number of rotatable bonds is 5. The number of nitrogens with one attached hydrogen (secondary N) is 2. The van der Waals surface area contributed by atoms with E-state index in [1.54, 1.807) is 0 Å². The molecule has 4 nitrogen and oxygen atoms in total. The molecule has 0 saturated heterocycles. The molecular formula is C15H26N4. The minimum atomic E-state index is 0.118. The summed E-state index contributed by atoms with van der Waals surface area (Å²) >= 11 is 0. The van der Waals surface area contributed by atoms with Gasteiger partial charge in [-0.3, -0.25) is 4.99 Å². The second-order valence-corrected chi connectivity index (χ2v) is 5.62. The number of benzene rings is 1. The Morgan fingerprint density at radius 3 is 2.68 bits per heavy atom. The van der Waals surface area contributed by atoms with Crippen LogP contribution in [0.5, 0.6) is 0 Å². The van der Waals surface area contributed by atoms with E-state index < -0.39 is 0 Å². The molecule has 0 atom stereocenters. The Morgan fingerprint density at radius 1 is 1.32 bits per heavy atom. The van der Waals surface area contributed by atoms with Gasteiger partial charge < -0.3 is 16.4 Å². The van der Waals surface area contributed by atoms with E-state index in [9.17, 15) is 0 Å². The van der Waals surface area contributed by atoms with Crippen LogP contribution in [0.15, 0.2) is 29.3 Å². The normalized spacial score (nSPS) is 12.5. The fourth-order valence-electron chi connectivity index (χ4n) is 1.66. The van der Waals surface area contributed by atoms with Crippen LogP contribution in [0.25, 0.3) is 0 Å². The van der Waals surface area contributed by atoms with Crippen LogP contribution >= 0.6 is 0 Å². The predicted octanol–water partition coefficient (Wildman–Crippen LogP) is 2.36. The molecule has 0 unspecified atom stereocenters. The van der Waals surface area contributed by atoms with Crippen LogP contribution in [0.2, 0.25) is 0 Å². The van der Waals surface area contributed by atoms with E-state index in [2.05, 4.69) is 55.5 Å². The lowest BCUT2D eigenvalue weighted by molar-refractivity contribution is 0.433. The minimum absolute atomic E-state index is 0.118. The standard InChI is InChI=1S/C15H26N4/c1-5-12-7-6-8-13(11-12)19-14(16)17-9-10-18-15(2,3)4/h6-8,11,18H,5,9-10H2,1-4H3,(H3,16,17,19). The fraction of sp³-hybridized carbons (Fsp3) is 0.533. The number of aryl methyl sites for hydroxylation is 1. The van der Waals surface area contributed by atoms with Crippen molar-refractivity contribution in [3.05, 3.63) is 29.8 Å². The highest BCUT2D eigenvalue weighted by molar-refractivity contribution is 5.92. The third-order valence-corrected chi connectivity index (χ3v) is 2.66. The Morgan fingerprint density at radius 2 is 2.05 bits per heavy atom. The highest BCUT2D eigenvalue weighted by atomic mass is 15.1. The van der Waals surface area contributed by atoms with Crippen molar-refractivity contribution in [1.82, 2.24) is 5.32 Å². The first kappa shape index (κ1) is 15.5. The minimum Gasteiger partial charge on any atom is -0.370 e. The van der Waals surface area contributed by atoms with Crippen molar-refractivity contribution in [3.63, 3.8) is 0 Å². The van der Waals surface area contributed by atoms with Crippen LogP contribution in [0.3, 0.4) is 0 Å². The molecule has 0 bridgehead atoms. The molecule has 1 rings (SSSR count). The van der Waals surface area contributed by atoms with Gasteiger partial charge in [0.25, 0.3) is 0 Å². The van der Waals surface area contributed by atoms with Gasteiger partial charge in [-0.15, -0.1) is 0 Å². The van der Waals surface area contributed by atoms with Gasteiger partial charge >= 0.3 is 0 Å². The summed E-state index contributed by atoms with van der Waals surface area (Å²) in [5.41, 5.74) is 8.25. The summed E-state index contributed by atoms with van der Waals surface area (Å²) in [6.07, 6.45) is 1.02. The molecule has 4 heteroatoms. The molecule has 19 heavy (non-hydrogen) atoms. The largest absolute Gasteiger partial charge is 0.370 e. The predicted molar refractivity (Wildman–Crippen MR) is 83.7 cm³/mol. The number of hydrogen-bond acceptors (Lipinski definition) is 2. The Bertz CT molecular complexity index is 418. The number of guanidine groups is 1. The van der Waals surface area contributed by atoms with Crippen LogP contribution < -0.4 is 16.4 Å². The number of nitrogens with two attached hydrogens (primary N) is 1. The lowest BCUT2D eigenvalue weighted by Gasteiger charge is -2.19. The molecule has 1 aromatic carbocycles. The van der Waals surface area contributed by atoms with Crippen LogP contribution in [0.4, 0.5) is 5.69 Å². The first-order valence-corrected chi connectivity index (χ1v) is 6.81. The quantitative estimate of drug-likeness (QED) is 0.434. The van der Waals surface area contributed by atoms with Gasteiger partial charge in [0.1, 0.15) is 0 Å². The zero-order chi connectivity index (χ0) is 14.3. The molecule has 1 aromatic rings. The van der Waals surface area contributed by atoms with E-state index in [1.807, 2.05) is 12.1 Å². The molecule has 106 valence electrons. The maximum Gasteiger partial charge on any atom is 0.193 e. The van der Waals surface area contributed by atoms with Crippen molar-refractivity contribution in [2.75, 3.05) is 18.4 Å². The highest BCUT2D eigenvalue weighted by Crippen LogP contribution is 2.10. The molecule has 0 aliphatic rings. The molecule has 0 aliphatic heterocycles. The van der Waals surface area contributed by atoms with Crippen molar-refractivity contribution in [1.29, 1.82) is 0 Å². The zero-order valence-electron chi connectivity index (χ0n) is 12.5. The summed E-state index contributed by atoms with van der Waals surface area (Å²) in [4.78, 5) is 4.30. The van der Waals surface area contributed by atoms with E-state index >= 15 is 0 Å². The van der Waals surface area contributed by atoms with E-state index in [4.69, 9.17) is 5.73 Å². The van der Waals surface area contributed by atoms with Gasteiger partial charge in [0, 0.05) is 17.8 Å². The van der Waals surface area contributed by atoms with Crippen molar-refractivity contribution in [2.45, 2.75) is 39.7 Å². The van der Waals surface area contributed by atoms with Crippen molar-refractivity contribution >= 4 is 11.6 Å². The molecule has 0 fully saturated rings. The highest BCUT2D eigenvalue weighted by Gasteiger charge is 2.06. The smallest absolute Gasteiger partial charge is 0.193 e. The zero-order valence-corrected chi connectivity index (χ0v) is 12.5. The van der Waals surface area contributed by atoms with E-state index in [0.717, 1.165) is 18.7 Å². The SMILES string of the molecule is CCc1cccc(NC(N)=NCCNC(C)(C)C)c1. The lowest BCUT2D eigenvalue weighted by atomic mass is 10.1. The molecule has 0 amide bonds. The van der Waals surface area contributed by atoms with Crippen LogP contribution in [0.1, 0.15) is 33.3 Å². The molecule has 0 saturated carbocycles. The molecular weight excluding hydrogens is 236 g/mol. The maximum absolute atomic E-state index is 5.86. The number of anilines is 1. The summed E-state index contributed by atoms with van der Waals surface area (Å²) in [7, 11) is 0. The van der Waals surface area contributed by atoms with Gasteiger partial charge in [-0.1, -0.05) is 19.1 Å². The number of nitrogens with zero attached hydrogens (tertiary/aromatic N) is 1. The molecule has 0 radical (unpaired) electrons. The molecule has 0 heterocycles. The third-order valence-electron chi connectivity index (χ3n) is 2.66. The van der Waals surface area contributed by atoms with Crippen molar-refractivity contribution in [2.24, 2.45) is 10.7 Å². The van der Waals surface area contributed by atoms with Gasteiger partial charge in [0.2, 0.25) is 0 Å². The Balaban J connectivity index is 2.43. The average molecular weight is 262 g/mol. The first-order chi connectivity index (χ1) is 8.90. The summed E-state index contributed by atoms with van der Waals surface area (Å²) in [6, 6.07) is 8.21. The Labute approximate surface area is 116 Å². The topological polar surface area (TPSA) is 62.4 Å². The number of aliphatic imine (C=N–C) groups is 1. The third kappa shape index (κ3) is 6.82. The summed E-state index contributed by atoms with van der Waals surface area (Å²) in [5, 5.41) is 6.48. The number of hydrogen-bond donors (Lipinski definition) is 3. The van der Waals surface area contributed by atoms with Crippen LogP contribution in [-0.2, 0) is 6.42 Å². The van der Waals surface area contributed by atoms with E-state index in [0.29, 0.717) is 12.5 Å². The second-order valence-electron chi connectivity index (χ2n) is 5.62. The van der Waals surface area contributed by atoms with Gasteiger partial charge in [0.05, 0.1) is 6.54 Å². The lowest BCUT2D eigenvalue weighted by Crippen LogP contribution is -2.37. The van der Waals surface area contributed by atoms with Gasteiger partial charge in [-0.25, -0.2) is 0 Å². The Hall–Kier alpha value is -1.55. The van der Waals surface area contributed by atoms with E-state index in [1.165, 1.54) is 5.56 Å². The van der Waals surface area contributed by atoms with Crippen molar-refractivity contribution in [3.8, 4) is 0 Å². The maximum atomic E-state index is 5.86. The second kappa shape index (κ2) is 7.14. The molecule has 0 spiro atoms. The van der Waals surface area contributed by atoms with Gasteiger partial charge in [0.15, 0.2) is 5.96 Å². The molecule has 4 N–H and O–H groups in total. The van der Waals surface area contributed by atoms with Crippen LogP contribution in [-0.4, -0.2) is 24.6 Å². The first-order valence-electron chi connectivity index (χ1n) is 6.81. The summed E-state index contributed by atoms with van der Waals surface area (Å²) in [6.45, 7) is 10.0.